The Balaban J connectivity index is 2.77. The van der Waals surface area contributed by atoms with Gasteiger partial charge in [-0.2, -0.15) is 13.2 Å². The minimum atomic E-state index is -4.41. The molecule has 0 unspecified atom stereocenters. The van der Waals surface area contributed by atoms with Gasteiger partial charge in [0, 0.05) is 12.4 Å². The number of alkyl halides is 3. The fourth-order valence-corrected chi connectivity index (χ4v) is 1.24. The summed E-state index contributed by atoms with van der Waals surface area (Å²) in [4.78, 5) is 7.28. The van der Waals surface area contributed by atoms with Crippen molar-refractivity contribution in [3.8, 4) is 0 Å². The molecule has 0 saturated carbocycles. The van der Waals surface area contributed by atoms with E-state index in [1.165, 1.54) is 16.9 Å². The highest BCUT2D eigenvalue weighted by atomic mass is 19.4. The molecule has 0 spiro atoms. The normalized spacial score (nSPS) is 12.3. The van der Waals surface area contributed by atoms with E-state index < -0.39 is 11.7 Å². The van der Waals surface area contributed by atoms with Gasteiger partial charge in [0.2, 0.25) is 0 Å². The minimum Gasteiger partial charge on any atom is -0.290 e. The molecule has 0 aromatic carbocycles. The van der Waals surface area contributed by atoms with Crippen LogP contribution in [0.2, 0.25) is 0 Å². The van der Waals surface area contributed by atoms with Crippen LogP contribution in [0.4, 0.5) is 13.2 Å². The second-order valence-corrected chi connectivity index (χ2v) is 2.92. The Morgan fingerprint density at radius 2 is 2.07 bits per heavy atom. The molecule has 2 rings (SSSR count). The van der Waals surface area contributed by atoms with Crippen LogP contribution in [0.15, 0.2) is 18.7 Å². The molecule has 2 heterocycles. The number of imidazole rings is 1. The summed E-state index contributed by atoms with van der Waals surface area (Å²) in [6.45, 7) is 1.63. The molecule has 0 fully saturated rings. The van der Waals surface area contributed by atoms with E-state index in [1.807, 2.05) is 0 Å². The fourth-order valence-electron chi connectivity index (χ4n) is 1.24. The van der Waals surface area contributed by atoms with Crippen LogP contribution < -0.4 is 0 Å². The van der Waals surface area contributed by atoms with E-state index >= 15 is 0 Å². The van der Waals surface area contributed by atoms with Crippen LogP contribution in [-0.2, 0) is 6.18 Å². The number of aromatic nitrogens is 3. The maximum absolute atomic E-state index is 12.4. The smallest absolute Gasteiger partial charge is 0.290 e. The molecule has 0 aliphatic rings. The quantitative estimate of drug-likeness (QED) is 0.653. The van der Waals surface area contributed by atoms with Gasteiger partial charge in [0.05, 0.1) is 5.69 Å². The van der Waals surface area contributed by atoms with Gasteiger partial charge in [-0.3, -0.25) is 4.40 Å². The number of hydrogen-bond donors (Lipinski definition) is 0. The largest absolute Gasteiger partial charge is 0.421 e. The summed E-state index contributed by atoms with van der Waals surface area (Å²) in [7, 11) is 0. The van der Waals surface area contributed by atoms with E-state index in [4.69, 9.17) is 0 Å². The third-order valence-corrected chi connectivity index (χ3v) is 1.79. The molecule has 14 heavy (non-hydrogen) atoms. The number of rotatable bonds is 0. The second-order valence-electron chi connectivity index (χ2n) is 2.92. The van der Waals surface area contributed by atoms with Crippen molar-refractivity contribution in [2.24, 2.45) is 0 Å². The van der Waals surface area contributed by atoms with Crippen LogP contribution in [-0.4, -0.2) is 14.4 Å². The topological polar surface area (TPSA) is 30.2 Å². The Kier molecular flexibility index (Phi) is 1.73. The molecular weight excluding hydrogens is 195 g/mol. The molecule has 74 valence electrons. The highest BCUT2D eigenvalue weighted by molar-refractivity contribution is 5.48. The summed E-state index contributed by atoms with van der Waals surface area (Å²) in [6.07, 6.45) is -0.836. The van der Waals surface area contributed by atoms with Crippen molar-refractivity contribution in [3.05, 3.63) is 30.0 Å². The van der Waals surface area contributed by atoms with Crippen LogP contribution >= 0.6 is 0 Å². The highest BCUT2D eigenvalue weighted by Crippen LogP contribution is 2.31. The minimum absolute atomic E-state index is 0.106. The molecule has 0 N–H and O–H groups in total. The third-order valence-electron chi connectivity index (χ3n) is 1.79. The molecule has 3 nitrogen and oxygen atoms in total. The van der Waals surface area contributed by atoms with Gasteiger partial charge in [0.25, 0.3) is 0 Å². The van der Waals surface area contributed by atoms with Crippen LogP contribution in [0.1, 0.15) is 11.3 Å². The van der Waals surface area contributed by atoms with E-state index in [-0.39, 0.29) is 5.65 Å². The van der Waals surface area contributed by atoms with Gasteiger partial charge in [-0.1, -0.05) is 0 Å². The van der Waals surface area contributed by atoms with Gasteiger partial charge < -0.3 is 0 Å². The average Bonchev–Trinajstić information content (AvgIpc) is 2.41. The number of nitrogens with zero attached hydrogens (tertiary/aromatic N) is 3. The molecule has 6 heteroatoms. The Hall–Kier alpha value is -1.59. The first-order valence-electron chi connectivity index (χ1n) is 3.85. The van der Waals surface area contributed by atoms with Gasteiger partial charge in [-0.25, -0.2) is 9.97 Å². The molecule has 2 aromatic rings. The molecule has 0 radical (unpaired) electrons. The summed E-state index contributed by atoms with van der Waals surface area (Å²) >= 11 is 0. The molecule has 0 amide bonds. The molecule has 2 aromatic heterocycles. The number of halogens is 3. The lowest BCUT2D eigenvalue weighted by Crippen LogP contribution is -2.08. The number of fused-ring (bicyclic) bond motifs is 1. The van der Waals surface area contributed by atoms with Crippen LogP contribution in [0.25, 0.3) is 5.65 Å². The third kappa shape index (κ3) is 1.32. The number of aryl methyl sites for hydroxylation is 1. The fraction of sp³-hybridized carbons (Fsp3) is 0.250. The van der Waals surface area contributed by atoms with E-state index in [2.05, 4.69) is 9.97 Å². The first-order valence-corrected chi connectivity index (χ1v) is 3.85. The Morgan fingerprint density at radius 3 is 2.71 bits per heavy atom. The van der Waals surface area contributed by atoms with Crippen molar-refractivity contribution in [1.82, 2.24) is 14.4 Å². The zero-order valence-electron chi connectivity index (χ0n) is 7.21. The molecule has 0 bridgehead atoms. The van der Waals surface area contributed by atoms with E-state index in [0.29, 0.717) is 5.69 Å². The van der Waals surface area contributed by atoms with Crippen molar-refractivity contribution in [3.63, 3.8) is 0 Å². The zero-order valence-corrected chi connectivity index (χ0v) is 7.21. The Bertz CT molecular complexity index is 472. The van der Waals surface area contributed by atoms with Crippen molar-refractivity contribution in [1.29, 1.82) is 0 Å². The molecular formula is C8H6F3N3. The van der Waals surface area contributed by atoms with E-state index in [9.17, 15) is 13.2 Å². The predicted octanol–water partition coefficient (Wildman–Crippen LogP) is 2.06. The maximum Gasteiger partial charge on any atom is 0.421 e. The second kappa shape index (κ2) is 2.70. The van der Waals surface area contributed by atoms with E-state index in [0.717, 1.165) is 6.20 Å². The lowest BCUT2D eigenvalue weighted by molar-refractivity contribution is -0.136. The summed E-state index contributed by atoms with van der Waals surface area (Å²) in [5, 5.41) is 0. The monoisotopic (exact) mass is 201 g/mol. The average molecular weight is 201 g/mol. The predicted molar refractivity (Wildman–Crippen MR) is 42.7 cm³/mol. The first kappa shape index (κ1) is 8.98. The van der Waals surface area contributed by atoms with Crippen molar-refractivity contribution >= 4 is 5.65 Å². The van der Waals surface area contributed by atoms with Gasteiger partial charge in [-0.05, 0) is 6.92 Å². The molecule has 0 aliphatic heterocycles. The van der Waals surface area contributed by atoms with Gasteiger partial charge in [0.1, 0.15) is 11.9 Å². The van der Waals surface area contributed by atoms with Gasteiger partial charge in [0.15, 0.2) is 5.65 Å². The summed E-state index contributed by atoms with van der Waals surface area (Å²) in [5.41, 5.74) is -0.387. The molecule has 0 aliphatic carbocycles. The van der Waals surface area contributed by atoms with E-state index in [1.54, 1.807) is 6.92 Å². The summed E-state index contributed by atoms with van der Waals surface area (Å²) < 4.78 is 38.6. The van der Waals surface area contributed by atoms with Crippen LogP contribution in [0, 0.1) is 6.92 Å². The molecule has 0 saturated heterocycles. The summed E-state index contributed by atoms with van der Waals surface area (Å²) in [6, 6.07) is 0. The van der Waals surface area contributed by atoms with Crippen molar-refractivity contribution in [2.75, 3.05) is 0 Å². The first-order chi connectivity index (χ1) is 6.48. The lowest BCUT2D eigenvalue weighted by Gasteiger charge is -2.06. The van der Waals surface area contributed by atoms with Gasteiger partial charge >= 0.3 is 6.18 Å². The highest BCUT2D eigenvalue weighted by Gasteiger charge is 2.34. The maximum atomic E-state index is 12.4. The Labute approximate surface area is 77.2 Å². The molecule has 0 atom stereocenters. The van der Waals surface area contributed by atoms with Crippen molar-refractivity contribution < 1.29 is 13.2 Å². The SMILES string of the molecule is Cc1cn2cncc(C(F)(F)F)c2n1. The van der Waals surface area contributed by atoms with Crippen molar-refractivity contribution in [2.45, 2.75) is 13.1 Å². The lowest BCUT2D eigenvalue weighted by atomic mass is 10.3. The van der Waals surface area contributed by atoms with Gasteiger partial charge in [-0.15, -0.1) is 0 Å². The Morgan fingerprint density at radius 1 is 1.36 bits per heavy atom. The zero-order chi connectivity index (χ0) is 10.3. The van der Waals surface area contributed by atoms with Crippen LogP contribution in [0.5, 0.6) is 0 Å². The summed E-state index contributed by atoms with van der Waals surface area (Å²) in [5.74, 6) is 0. The van der Waals surface area contributed by atoms with Crippen LogP contribution in [0.3, 0.4) is 0 Å². The number of hydrogen-bond acceptors (Lipinski definition) is 2. The standard InChI is InChI=1S/C8H6F3N3/c1-5-3-14-4-12-2-6(7(14)13-5)8(9,10)11/h2-4H,1H3.